The number of ether oxygens (including phenoxy) is 2. The summed E-state index contributed by atoms with van der Waals surface area (Å²) in [5, 5.41) is 0. The van der Waals surface area contributed by atoms with Crippen molar-refractivity contribution in [3.63, 3.8) is 0 Å². The van der Waals surface area contributed by atoms with Crippen molar-refractivity contribution < 1.29 is 26.9 Å². The summed E-state index contributed by atoms with van der Waals surface area (Å²) in [7, 11) is 2.80. The molecule has 0 amide bonds. The number of benzene rings is 1. The molecule has 1 aromatic carbocycles. The standard InChI is InChI=1S/C14H23NO5S/c1-15(2,10-11-21(16,17)18)9-8-12-6-5-7-13(19-3)14(12)20-4/h5-7H,8-11H2,1-4H3. The van der Waals surface area contributed by atoms with E-state index >= 15 is 0 Å². The number of para-hydroxylation sites is 1. The highest BCUT2D eigenvalue weighted by atomic mass is 32.2. The lowest BCUT2D eigenvalue weighted by Gasteiger charge is -2.30. The van der Waals surface area contributed by atoms with Crippen molar-refractivity contribution in [2.45, 2.75) is 6.42 Å². The van der Waals surface area contributed by atoms with Crippen LogP contribution >= 0.6 is 0 Å². The predicted molar refractivity (Wildman–Crippen MR) is 79.7 cm³/mol. The molecule has 21 heavy (non-hydrogen) atoms. The summed E-state index contributed by atoms with van der Waals surface area (Å²) in [6.45, 7) is 0.983. The van der Waals surface area contributed by atoms with Gasteiger partial charge in [0, 0.05) is 12.0 Å². The molecule has 0 spiro atoms. The third kappa shape index (κ3) is 5.91. The topological polar surface area (TPSA) is 75.7 Å². The van der Waals surface area contributed by atoms with Crippen LogP contribution in [-0.2, 0) is 16.5 Å². The van der Waals surface area contributed by atoms with Crippen LogP contribution in [0, 0.1) is 0 Å². The lowest BCUT2D eigenvalue weighted by Crippen LogP contribution is -2.44. The summed E-state index contributed by atoms with van der Waals surface area (Å²) in [5.74, 6) is 1.01. The van der Waals surface area contributed by atoms with E-state index in [1.807, 2.05) is 32.3 Å². The van der Waals surface area contributed by atoms with Crippen molar-refractivity contribution >= 4 is 10.1 Å². The van der Waals surface area contributed by atoms with Crippen LogP contribution in [0.5, 0.6) is 11.5 Å². The lowest BCUT2D eigenvalue weighted by molar-refractivity contribution is -0.887. The van der Waals surface area contributed by atoms with Crippen LogP contribution in [0.2, 0.25) is 0 Å². The van der Waals surface area contributed by atoms with Gasteiger partial charge in [-0.25, -0.2) is 8.42 Å². The second-order valence-electron chi connectivity index (χ2n) is 5.55. The Morgan fingerprint density at radius 3 is 2.33 bits per heavy atom. The average Bonchev–Trinajstić information content (AvgIpc) is 2.42. The molecule has 120 valence electrons. The smallest absolute Gasteiger partial charge is 0.164 e. The van der Waals surface area contributed by atoms with Crippen molar-refractivity contribution in [3.05, 3.63) is 23.8 Å². The zero-order chi connectivity index (χ0) is 16.1. The Balaban J connectivity index is 2.74. The first-order valence-electron chi connectivity index (χ1n) is 6.64. The highest BCUT2D eigenvalue weighted by Gasteiger charge is 2.18. The van der Waals surface area contributed by atoms with Gasteiger partial charge in [-0.15, -0.1) is 0 Å². The van der Waals surface area contributed by atoms with Gasteiger partial charge >= 0.3 is 0 Å². The van der Waals surface area contributed by atoms with Gasteiger partial charge in [0.2, 0.25) is 0 Å². The highest BCUT2D eigenvalue weighted by molar-refractivity contribution is 7.85. The zero-order valence-corrected chi connectivity index (χ0v) is 13.8. The number of quaternary nitrogens is 1. The van der Waals surface area contributed by atoms with Crippen LogP contribution in [0.4, 0.5) is 0 Å². The summed E-state index contributed by atoms with van der Waals surface area (Å²) >= 11 is 0. The van der Waals surface area contributed by atoms with Crippen LogP contribution in [0.3, 0.4) is 0 Å². The van der Waals surface area contributed by atoms with Gasteiger partial charge in [0.05, 0.1) is 47.2 Å². The van der Waals surface area contributed by atoms with Crippen molar-refractivity contribution in [3.8, 4) is 11.5 Å². The van der Waals surface area contributed by atoms with E-state index in [1.54, 1.807) is 14.2 Å². The Morgan fingerprint density at radius 1 is 1.14 bits per heavy atom. The minimum absolute atomic E-state index is 0.290. The van der Waals surface area contributed by atoms with Crippen molar-refractivity contribution in [2.75, 3.05) is 47.2 Å². The Hall–Kier alpha value is -1.31. The largest absolute Gasteiger partial charge is 0.748 e. The molecule has 0 fully saturated rings. The SMILES string of the molecule is COc1cccc(CC[N+](C)(C)CCS(=O)(=O)[O-])c1OC. The Labute approximate surface area is 126 Å². The molecule has 0 aliphatic heterocycles. The maximum Gasteiger partial charge on any atom is 0.164 e. The van der Waals surface area contributed by atoms with E-state index in [0.29, 0.717) is 28.9 Å². The molecule has 0 unspecified atom stereocenters. The van der Waals surface area contributed by atoms with Crippen LogP contribution in [-0.4, -0.2) is 64.6 Å². The summed E-state index contributed by atoms with van der Waals surface area (Å²) in [6, 6.07) is 5.66. The highest BCUT2D eigenvalue weighted by Crippen LogP contribution is 2.31. The number of nitrogens with zero attached hydrogens (tertiary/aromatic N) is 1. The Kier molecular flexibility index (Phi) is 6.00. The zero-order valence-electron chi connectivity index (χ0n) is 13.0. The molecule has 0 atom stereocenters. The molecule has 0 aromatic heterocycles. The minimum Gasteiger partial charge on any atom is -0.748 e. The summed E-state index contributed by atoms with van der Waals surface area (Å²) in [5.41, 5.74) is 0.994. The quantitative estimate of drug-likeness (QED) is 0.525. The molecular formula is C14H23NO5S. The normalized spacial score (nSPS) is 12.2. The molecule has 0 heterocycles. The predicted octanol–water partition coefficient (Wildman–Crippen LogP) is 0.868. The minimum atomic E-state index is -4.17. The van der Waals surface area contributed by atoms with Crippen LogP contribution in [0.1, 0.15) is 5.56 Å². The number of hydrogen-bond acceptors (Lipinski definition) is 5. The van der Waals surface area contributed by atoms with Crippen molar-refractivity contribution in [1.82, 2.24) is 0 Å². The Bertz CT molecular complexity index is 569. The van der Waals surface area contributed by atoms with Gasteiger partial charge in [-0.1, -0.05) is 12.1 Å². The van der Waals surface area contributed by atoms with E-state index in [2.05, 4.69) is 0 Å². The van der Waals surface area contributed by atoms with Gasteiger partial charge in [0.1, 0.15) is 10.1 Å². The third-order valence-electron chi connectivity index (χ3n) is 3.42. The molecule has 0 aliphatic rings. The number of rotatable bonds is 8. The first kappa shape index (κ1) is 17.7. The van der Waals surface area contributed by atoms with Crippen molar-refractivity contribution in [2.24, 2.45) is 0 Å². The lowest BCUT2D eigenvalue weighted by atomic mass is 10.1. The second kappa shape index (κ2) is 7.11. The Morgan fingerprint density at radius 2 is 1.81 bits per heavy atom. The van der Waals surface area contributed by atoms with E-state index in [4.69, 9.17) is 9.47 Å². The fraction of sp³-hybridized carbons (Fsp3) is 0.571. The molecule has 7 heteroatoms. The van der Waals surface area contributed by atoms with Gasteiger partial charge in [-0.2, -0.15) is 0 Å². The third-order valence-corrected chi connectivity index (χ3v) is 4.10. The van der Waals surface area contributed by atoms with E-state index < -0.39 is 10.1 Å². The first-order valence-corrected chi connectivity index (χ1v) is 8.22. The van der Waals surface area contributed by atoms with Crippen molar-refractivity contribution in [1.29, 1.82) is 0 Å². The fourth-order valence-corrected chi connectivity index (χ4v) is 2.76. The van der Waals surface area contributed by atoms with Gasteiger partial charge in [-0.05, 0) is 6.07 Å². The summed E-state index contributed by atoms with van der Waals surface area (Å²) in [4.78, 5) is 0. The van der Waals surface area contributed by atoms with Gasteiger partial charge in [0.15, 0.2) is 11.5 Å². The molecule has 1 rings (SSSR count). The molecule has 0 radical (unpaired) electrons. The number of methoxy groups -OCH3 is 2. The molecule has 0 bridgehead atoms. The summed E-state index contributed by atoms with van der Waals surface area (Å²) in [6.07, 6.45) is 0.701. The molecular weight excluding hydrogens is 294 g/mol. The van der Waals surface area contributed by atoms with Gasteiger partial charge in [0.25, 0.3) is 0 Å². The fourth-order valence-electron chi connectivity index (χ4n) is 2.04. The van der Waals surface area contributed by atoms with Gasteiger partial charge in [-0.3, -0.25) is 0 Å². The van der Waals surface area contributed by atoms with Crippen LogP contribution in [0.25, 0.3) is 0 Å². The molecule has 0 saturated heterocycles. The molecule has 6 nitrogen and oxygen atoms in total. The molecule has 1 aromatic rings. The van der Waals surface area contributed by atoms with E-state index in [0.717, 1.165) is 5.56 Å². The van der Waals surface area contributed by atoms with E-state index in [-0.39, 0.29) is 12.3 Å². The molecule has 0 aliphatic carbocycles. The average molecular weight is 317 g/mol. The monoisotopic (exact) mass is 317 g/mol. The van der Waals surface area contributed by atoms with Crippen LogP contribution < -0.4 is 9.47 Å². The number of hydrogen-bond donors (Lipinski definition) is 0. The number of likely N-dealkylation sites (N-methyl/N-ethyl adjacent to an activating group) is 1. The second-order valence-corrected chi connectivity index (χ2v) is 7.07. The summed E-state index contributed by atoms with van der Waals surface area (Å²) < 4.78 is 43.3. The van der Waals surface area contributed by atoms with Gasteiger partial charge < -0.3 is 18.5 Å². The van der Waals surface area contributed by atoms with E-state index in [9.17, 15) is 13.0 Å². The van der Waals surface area contributed by atoms with Crippen LogP contribution in [0.15, 0.2) is 18.2 Å². The molecule has 0 saturated carbocycles. The van der Waals surface area contributed by atoms with E-state index in [1.165, 1.54) is 0 Å². The molecule has 0 N–H and O–H groups in total. The maximum absolute atomic E-state index is 10.7. The maximum atomic E-state index is 10.7. The first-order chi connectivity index (χ1) is 9.68.